The fourth-order valence-corrected chi connectivity index (χ4v) is 2.78. The molecule has 0 bridgehead atoms. The zero-order chi connectivity index (χ0) is 18.5. The van der Waals surface area contributed by atoms with Gasteiger partial charge in [0.25, 0.3) is 5.91 Å². The maximum absolute atomic E-state index is 12.6. The number of benzene rings is 2. The van der Waals surface area contributed by atoms with E-state index in [0.29, 0.717) is 42.5 Å². The molecule has 26 heavy (non-hydrogen) atoms. The van der Waals surface area contributed by atoms with Gasteiger partial charge in [-0.25, -0.2) is 0 Å². The highest BCUT2D eigenvalue weighted by atomic mass is 16.6. The molecule has 0 aliphatic carbocycles. The average Bonchev–Trinajstić information content (AvgIpc) is 2.65. The maximum atomic E-state index is 12.6. The van der Waals surface area contributed by atoms with E-state index in [4.69, 9.17) is 9.47 Å². The van der Waals surface area contributed by atoms with Gasteiger partial charge in [-0.15, -0.1) is 0 Å². The molecule has 1 heterocycles. The minimum absolute atomic E-state index is 0.0162. The second-order valence-corrected chi connectivity index (χ2v) is 6.10. The van der Waals surface area contributed by atoms with Crippen LogP contribution >= 0.6 is 0 Å². The van der Waals surface area contributed by atoms with Gasteiger partial charge >= 0.3 is 0 Å². The summed E-state index contributed by atoms with van der Waals surface area (Å²) < 4.78 is 11.0. The summed E-state index contributed by atoms with van der Waals surface area (Å²) >= 11 is 0. The highest BCUT2D eigenvalue weighted by molar-refractivity contribution is 5.99. The number of nitrogens with zero attached hydrogens (tertiary/aromatic N) is 1. The van der Waals surface area contributed by atoms with Crippen LogP contribution in [0, 0.1) is 6.92 Å². The fraction of sp³-hybridized carbons (Fsp3) is 0.300. The second kappa shape index (κ2) is 7.91. The lowest BCUT2D eigenvalue weighted by atomic mass is 10.1. The third-order valence-electron chi connectivity index (χ3n) is 4.09. The number of fused-ring (bicyclic) bond motifs is 1. The minimum Gasteiger partial charge on any atom is -0.486 e. The molecule has 0 fully saturated rings. The van der Waals surface area contributed by atoms with Crippen molar-refractivity contribution in [2.75, 3.05) is 31.6 Å². The van der Waals surface area contributed by atoms with Gasteiger partial charge in [-0.2, -0.15) is 0 Å². The topological polar surface area (TPSA) is 67.9 Å². The molecule has 0 unspecified atom stereocenters. The van der Waals surface area contributed by atoms with Crippen LogP contribution in [0.15, 0.2) is 42.5 Å². The summed E-state index contributed by atoms with van der Waals surface area (Å²) in [6, 6.07) is 12.6. The molecule has 6 heteroatoms. The van der Waals surface area contributed by atoms with E-state index >= 15 is 0 Å². The van der Waals surface area contributed by atoms with Crippen LogP contribution in [0.5, 0.6) is 11.5 Å². The summed E-state index contributed by atoms with van der Waals surface area (Å²) in [5.41, 5.74) is 2.20. The van der Waals surface area contributed by atoms with Gasteiger partial charge < -0.3 is 19.7 Å². The lowest BCUT2D eigenvalue weighted by Crippen LogP contribution is -2.37. The lowest BCUT2D eigenvalue weighted by Gasteiger charge is -2.21. The highest BCUT2D eigenvalue weighted by Gasteiger charge is 2.18. The van der Waals surface area contributed by atoms with E-state index in [-0.39, 0.29) is 18.4 Å². The van der Waals surface area contributed by atoms with E-state index in [0.717, 1.165) is 5.56 Å². The Kier molecular flexibility index (Phi) is 5.41. The number of rotatable bonds is 5. The van der Waals surface area contributed by atoms with Gasteiger partial charge in [0.1, 0.15) is 19.8 Å². The number of aryl methyl sites for hydroxylation is 1. The van der Waals surface area contributed by atoms with Gasteiger partial charge in [-0.3, -0.25) is 9.59 Å². The molecular formula is C20H22N2O4. The SMILES string of the molecule is CCN(CC(=O)Nc1ccc2c(c1)OCCO2)C(=O)c1cccc(C)c1. The first kappa shape index (κ1) is 17.8. The zero-order valence-electron chi connectivity index (χ0n) is 15.0. The van der Waals surface area contributed by atoms with Gasteiger partial charge in [0.2, 0.25) is 5.91 Å². The van der Waals surface area contributed by atoms with Gasteiger partial charge in [-0.05, 0) is 38.1 Å². The summed E-state index contributed by atoms with van der Waals surface area (Å²) in [5, 5.41) is 2.81. The standard InChI is InChI=1S/C20H22N2O4/c1-3-22(20(24)15-6-4-5-14(2)11-15)13-19(23)21-16-7-8-17-18(12-16)26-10-9-25-17/h4-8,11-12H,3,9-10,13H2,1-2H3,(H,21,23). The van der Waals surface area contributed by atoms with Crippen molar-refractivity contribution >= 4 is 17.5 Å². The van der Waals surface area contributed by atoms with E-state index in [2.05, 4.69) is 5.32 Å². The first-order valence-electron chi connectivity index (χ1n) is 8.62. The number of nitrogens with one attached hydrogen (secondary N) is 1. The number of ether oxygens (including phenoxy) is 2. The second-order valence-electron chi connectivity index (χ2n) is 6.10. The van der Waals surface area contributed by atoms with Crippen LogP contribution < -0.4 is 14.8 Å². The van der Waals surface area contributed by atoms with Crippen LogP contribution in [0.1, 0.15) is 22.8 Å². The summed E-state index contributed by atoms with van der Waals surface area (Å²) in [4.78, 5) is 26.5. The first-order valence-corrected chi connectivity index (χ1v) is 8.62. The quantitative estimate of drug-likeness (QED) is 0.896. The third-order valence-corrected chi connectivity index (χ3v) is 4.09. The molecule has 2 aromatic rings. The molecular weight excluding hydrogens is 332 g/mol. The van der Waals surface area contributed by atoms with Crippen molar-refractivity contribution in [3.8, 4) is 11.5 Å². The van der Waals surface area contributed by atoms with Crippen molar-refractivity contribution in [2.24, 2.45) is 0 Å². The van der Waals surface area contributed by atoms with Crippen LogP contribution in [0.4, 0.5) is 5.69 Å². The molecule has 0 saturated heterocycles. The predicted octanol–water partition coefficient (Wildman–Crippen LogP) is 2.87. The molecule has 2 amide bonds. The summed E-state index contributed by atoms with van der Waals surface area (Å²) in [6.45, 7) is 5.22. The van der Waals surface area contributed by atoms with E-state index in [1.54, 1.807) is 24.3 Å². The third kappa shape index (κ3) is 4.14. The van der Waals surface area contributed by atoms with Crippen molar-refractivity contribution in [1.29, 1.82) is 0 Å². The smallest absolute Gasteiger partial charge is 0.254 e. The molecule has 0 radical (unpaired) electrons. The molecule has 0 aromatic heterocycles. The van der Waals surface area contributed by atoms with Crippen molar-refractivity contribution in [3.63, 3.8) is 0 Å². The molecule has 0 spiro atoms. The molecule has 2 aromatic carbocycles. The van der Waals surface area contributed by atoms with Gasteiger partial charge in [0, 0.05) is 23.9 Å². The van der Waals surface area contributed by atoms with Crippen molar-refractivity contribution in [1.82, 2.24) is 4.90 Å². The molecule has 1 aliphatic rings. The number of anilines is 1. The van der Waals surface area contributed by atoms with Crippen LogP contribution in [-0.2, 0) is 4.79 Å². The van der Waals surface area contributed by atoms with Crippen LogP contribution in [0.2, 0.25) is 0 Å². The molecule has 1 aliphatic heterocycles. The van der Waals surface area contributed by atoms with E-state index in [1.165, 1.54) is 4.90 Å². The minimum atomic E-state index is -0.260. The predicted molar refractivity (Wildman–Crippen MR) is 98.8 cm³/mol. The first-order chi connectivity index (χ1) is 12.6. The number of likely N-dealkylation sites (N-methyl/N-ethyl adjacent to an activating group) is 1. The number of carbonyl (C=O) groups is 2. The molecule has 0 atom stereocenters. The van der Waals surface area contributed by atoms with Crippen LogP contribution in [0.25, 0.3) is 0 Å². The lowest BCUT2D eigenvalue weighted by molar-refractivity contribution is -0.116. The van der Waals surface area contributed by atoms with E-state index < -0.39 is 0 Å². The van der Waals surface area contributed by atoms with E-state index in [1.807, 2.05) is 32.0 Å². The number of hydrogen-bond acceptors (Lipinski definition) is 4. The summed E-state index contributed by atoms with van der Waals surface area (Å²) in [5.74, 6) is 0.856. The zero-order valence-corrected chi connectivity index (χ0v) is 15.0. The molecule has 3 rings (SSSR count). The molecule has 0 saturated carbocycles. The Balaban J connectivity index is 1.65. The summed E-state index contributed by atoms with van der Waals surface area (Å²) in [7, 11) is 0. The molecule has 6 nitrogen and oxygen atoms in total. The highest BCUT2D eigenvalue weighted by Crippen LogP contribution is 2.32. The molecule has 1 N–H and O–H groups in total. The number of amides is 2. The van der Waals surface area contributed by atoms with Crippen molar-refractivity contribution in [2.45, 2.75) is 13.8 Å². The Labute approximate surface area is 152 Å². The summed E-state index contributed by atoms with van der Waals surface area (Å²) in [6.07, 6.45) is 0. The largest absolute Gasteiger partial charge is 0.486 e. The number of carbonyl (C=O) groups excluding carboxylic acids is 2. The van der Waals surface area contributed by atoms with Gasteiger partial charge in [0.15, 0.2) is 11.5 Å². The van der Waals surface area contributed by atoms with Crippen LogP contribution in [-0.4, -0.2) is 43.0 Å². The maximum Gasteiger partial charge on any atom is 0.254 e. The Morgan fingerprint density at radius 3 is 2.58 bits per heavy atom. The Morgan fingerprint density at radius 2 is 1.85 bits per heavy atom. The van der Waals surface area contributed by atoms with Crippen molar-refractivity contribution in [3.05, 3.63) is 53.6 Å². The fourth-order valence-electron chi connectivity index (χ4n) is 2.78. The van der Waals surface area contributed by atoms with Crippen LogP contribution in [0.3, 0.4) is 0 Å². The monoisotopic (exact) mass is 354 g/mol. The van der Waals surface area contributed by atoms with Crippen molar-refractivity contribution < 1.29 is 19.1 Å². The normalized spacial score (nSPS) is 12.4. The average molecular weight is 354 g/mol. The van der Waals surface area contributed by atoms with E-state index in [9.17, 15) is 9.59 Å². The molecule has 136 valence electrons. The number of hydrogen-bond donors (Lipinski definition) is 1. The van der Waals surface area contributed by atoms with Gasteiger partial charge in [0.05, 0.1) is 0 Å². The van der Waals surface area contributed by atoms with Gasteiger partial charge in [-0.1, -0.05) is 17.7 Å². The Hall–Kier alpha value is -3.02. The Bertz CT molecular complexity index is 819. The Morgan fingerprint density at radius 1 is 1.08 bits per heavy atom.